The van der Waals surface area contributed by atoms with Gasteiger partial charge in [0.25, 0.3) is 0 Å². The summed E-state index contributed by atoms with van der Waals surface area (Å²) in [5, 5.41) is 12.2. The first kappa shape index (κ1) is 11.9. The molecule has 0 aromatic carbocycles. The molecular weight excluding hydrogens is 220 g/mol. The highest BCUT2D eigenvalue weighted by molar-refractivity contribution is 5.86. The molecule has 5 nitrogen and oxygen atoms in total. The monoisotopic (exact) mass is 236 g/mol. The molecule has 0 saturated carbocycles. The van der Waals surface area contributed by atoms with Gasteiger partial charge in [0.2, 0.25) is 0 Å². The van der Waals surface area contributed by atoms with Gasteiger partial charge in [-0.05, 0) is 31.9 Å². The summed E-state index contributed by atoms with van der Waals surface area (Å²) in [6, 6.07) is 3.34. The van der Waals surface area contributed by atoms with E-state index in [-0.39, 0.29) is 11.2 Å². The molecule has 1 aliphatic heterocycles. The van der Waals surface area contributed by atoms with E-state index in [1.165, 1.54) is 6.20 Å². The number of nitrogens with one attached hydrogen (secondary N) is 1. The van der Waals surface area contributed by atoms with Crippen molar-refractivity contribution in [1.82, 2.24) is 4.98 Å². The minimum atomic E-state index is -1.01. The van der Waals surface area contributed by atoms with Crippen LogP contribution in [0.2, 0.25) is 0 Å². The highest BCUT2D eigenvalue weighted by Gasteiger charge is 2.27. The van der Waals surface area contributed by atoms with Crippen molar-refractivity contribution < 1.29 is 14.6 Å². The first-order valence-corrected chi connectivity index (χ1v) is 5.64. The Kier molecular flexibility index (Phi) is 3.28. The first-order valence-electron chi connectivity index (χ1n) is 5.64. The van der Waals surface area contributed by atoms with Gasteiger partial charge >= 0.3 is 5.97 Å². The Morgan fingerprint density at radius 1 is 1.53 bits per heavy atom. The predicted octanol–water partition coefficient (Wildman–Crippen LogP) is 1.76. The van der Waals surface area contributed by atoms with Crippen LogP contribution in [0.5, 0.6) is 0 Å². The lowest BCUT2D eigenvalue weighted by Crippen LogP contribution is -2.40. The molecular formula is C12H16N2O3. The SMILES string of the molecule is CC1(Nc2ccnc(C(=O)O)c2)CCOCC1. The van der Waals surface area contributed by atoms with Crippen LogP contribution in [0.15, 0.2) is 18.3 Å². The summed E-state index contributed by atoms with van der Waals surface area (Å²) in [6.45, 7) is 3.59. The maximum atomic E-state index is 10.8. The van der Waals surface area contributed by atoms with E-state index >= 15 is 0 Å². The van der Waals surface area contributed by atoms with Crippen LogP contribution < -0.4 is 5.32 Å². The van der Waals surface area contributed by atoms with Crippen LogP contribution in [0.3, 0.4) is 0 Å². The fourth-order valence-corrected chi connectivity index (χ4v) is 1.92. The number of hydrogen-bond donors (Lipinski definition) is 2. The van der Waals surface area contributed by atoms with Crippen LogP contribution in [0, 0.1) is 0 Å². The smallest absolute Gasteiger partial charge is 0.354 e. The standard InChI is InChI=1S/C12H16N2O3/c1-12(3-6-17-7-4-12)14-9-2-5-13-10(8-9)11(15)16/h2,5,8H,3-4,6-7H2,1H3,(H,13,14)(H,15,16). The van der Waals surface area contributed by atoms with Crippen molar-refractivity contribution in [3.63, 3.8) is 0 Å². The number of nitrogens with zero attached hydrogens (tertiary/aromatic N) is 1. The first-order chi connectivity index (χ1) is 8.09. The normalized spacial score (nSPS) is 18.6. The largest absolute Gasteiger partial charge is 0.477 e. The van der Waals surface area contributed by atoms with Gasteiger partial charge in [-0.1, -0.05) is 0 Å². The lowest BCUT2D eigenvalue weighted by atomic mass is 9.92. The van der Waals surface area contributed by atoms with Gasteiger partial charge in [0.15, 0.2) is 0 Å². The van der Waals surface area contributed by atoms with E-state index in [2.05, 4.69) is 17.2 Å². The van der Waals surface area contributed by atoms with Gasteiger partial charge in [-0.25, -0.2) is 9.78 Å². The Bertz CT molecular complexity index is 414. The van der Waals surface area contributed by atoms with Gasteiger partial charge in [-0.15, -0.1) is 0 Å². The second-order valence-corrected chi connectivity index (χ2v) is 4.53. The maximum absolute atomic E-state index is 10.8. The molecule has 0 amide bonds. The van der Waals surface area contributed by atoms with Crippen molar-refractivity contribution >= 4 is 11.7 Å². The summed E-state index contributed by atoms with van der Waals surface area (Å²) in [7, 11) is 0. The van der Waals surface area contributed by atoms with Crippen molar-refractivity contribution in [2.75, 3.05) is 18.5 Å². The molecule has 1 saturated heterocycles. The number of hydrogen-bond acceptors (Lipinski definition) is 4. The van der Waals surface area contributed by atoms with Gasteiger partial charge in [0, 0.05) is 30.6 Å². The molecule has 1 aromatic heterocycles. The molecule has 2 N–H and O–H groups in total. The molecule has 0 unspecified atom stereocenters. The second-order valence-electron chi connectivity index (χ2n) is 4.53. The molecule has 1 fully saturated rings. The molecule has 0 bridgehead atoms. The quantitative estimate of drug-likeness (QED) is 0.836. The second kappa shape index (κ2) is 4.71. The minimum Gasteiger partial charge on any atom is -0.477 e. The number of carboxylic acids is 1. The van der Waals surface area contributed by atoms with Crippen LogP contribution >= 0.6 is 0 Å². The lowest BCUT2D eigenvalue weighted by molar-refractivity contribution is 0.0656. The molecule has 2 heterocycles. The number of anilines is 1. The van der Waals surface area contributed by atoms with Gasteiger partial charge in [0.05, 0.1) is 0 Å². The lowest BCUT2D eigenvalue weighted by Gasteiger charge is -2.35. The Morgan fingerprint density at radius 3 is 2.88 bits per heavy atom. The third-order valence-electron chi connectivity index (χ3n) is 3.02. The minimum absolute atomic E-state index is 0.0324. The summed E-state index contributed by atoms with van der Waals surface area (Å²) in [5.41, 5.74) is 0.822. The Morgan fingerprint density at radius 2 is 2.24 bits per heavy atom. The molecule has 0 spiro atoms. The third-order valence-corrected chi connectivity index (χ3v) is 3.02. The van der Waals surface area contributed by atoms with Crippen molar-refractivity contribution in [1.29, 1.82) is 0 Å². The number of carbonyl (C=O) groups is 1. The summed E-state index contributed by atoms with van der Waals surface area (Å²) in [6.07, 6.45) is 3.34. The van der Waals surface area contributed by atoms with Crippen molar-refractivity contribution in [2.24, 2.45) is 0 Å². The summed E-state index contributed by atoms with van der Waals surface area (Å²) in [4.78, 5) is 14.6. The molecule has 0 radical (unpaired) electrons. The molecule has 0 atom stereocenters. The van der Waals surface area contributed by atoms with E-state index in [9.17, 15) is 4.79 Å². The summed E-state index contributed by atoms with van der Waals surface area (Å²) < 4.78 is 5.32. The average molecular weight is 236 g/mol. The fraction of sp³-hybridized carbons (Fsp3) is 0.500. The average Bonchev–Trinajstić information content (AvgIpc) is 2.29. The van der Waals surface area contributed by atoms with E-state index in [1.54, 1.807) is 12.1 Å². The topological polar surface area (TPSA) is 71.5 Å². The number of carboxylic acid groups (broad SMARTS) is 1. The van der Waals surface area contributed by atoms with E-state index < -0.39 is 5.97 Å². The van der Waals surface area contributed by atoms with Crippen LogP contribution in [0.25, 0.3) is 0 Å². The van der Waals surface area contributed by atoms with Gasteiger partial charge in [-0.3, -0.25) is 0 Å². The Hall–Kier alpha value is -1.62. The summed E-state index contributed by atoms with van der Waals surface area (Å²) in [5.74, 6) is -1.01. The van der Waals surface area contributed by atoms with Crippen LogP contribution in [0.1, 0.15) is 30.3 Å². The third kappa shape index (κ3) is 2.94. The maximum Gasteiger partial charge on any atom is 0.354 e. The number of aromatic carboxylic acids is 1. The molecule has 1 aromatic rings. The number of rotatable bonds is 3. The van der Waals surface area contributed by atoms with Crippen LogP contribution in [-0.4, -0.2) is 34.8 Å². The zero-order valence-electron chi connectivity index (χ0n) is 9.77. The van der Waals surface area contributed by atoms with Gasteiger partial charge < -0.3 is 15.2 Å². The van der Waals surface area contributed by atoms with Gasteiger partial charge in [0.1, 0.15) is 5.69 Å². The van der Waals surface area contributed by atoms with Crippen LogP contribution in [0.4, 0.5) is 5.69 Å². The highest BCUT2D eigenvalue weighted by atomic mass is 16.5. The Labute approximate surface area is 99.8 Å². The van der Waals surface area contributed by atoms with Crippen molar-refractivity contribution in [3.8, 4) is 0 Å². The molecule has 5 heteroatoms. The van der Waals surface area contributed by atoms with E-state index in [1.807, 2.05) is 0 Å². The zero-order chi connectivity index (χ0) is 12.3. The van der Waals surface area contributed by atoms with Gasteiger partial charge in [-0.2, -0.15) is 0 Å². The predicted molar refractivity (Wildman–Crippen MR) is 63.3 cm³/mol. The Balaban J connectivity index is 2.12. The molecule has 17 heavy (non-hydrogen) atoms. The van der Waals surface area contributed by atoms with Crippen molar-refractivity contribution in [2.45, 2.75) is 25.3 Å². The molecule has 0 aliphatic carbocycles. The highest BCUT2D eigenvalue weighted by Crippen LogP contribution is 2.25. The fourth-order valence-electron chi connectivity index (χ4n) is 1.92. The van der Waals surface area contributed by atoms with Crippen LogP contribution in [-0.2, 0) is 4.74 Å². The van der Waals surface area contributed by atoms with E-state index in [0.717, 1.165) is 31.7 Å². The van der Waals surface area contributed by atoms with E-state index in [0.29, 0.717) is 0 Å². The zero-order valence-corrected chi connectivity index (χ0v) is 9.77. The number of ether oxygens (including phenoxy) is 1. The molecule has 1 aliphatic rings. The number of aromatic nitrogens is 1. The number of pyridine rings is 1. The summed E-state index contributed by atoms with van der Waals surface area (Å²) >= 11 is 0. The molecule has 2 rings (SSSR count). The molecule has 92 valence electrons. The van der Waals surface area contributed by atoms with Crippen molar-refractivity contribution in [3.05, 3.63) is 24.0 Å². The van der Waals surface area contributed by atoms with E-state index in [4.69, 9.17) is 9.84 Å².